The quantitative estimate of drug-likeness (QED) is 0.337. The maximum atomic E-state index is 10.9. The van der Waals surface area contributed by atoms with Crippen LogP contribution in [0.2, 0.25) is 0 Å². The number of aryl methyl sites for hydroxylation is 1. The molecule has 0 spiro atoms. The predicted octanol–water partition coefficient (Wildman–Crippen LogP) is 3.05. The van der Waals surface area contributed by atoms with E-state index in [9.17, 15) is 9.90 Å². The monoisotopic (exact) mass is 441 g/mol. The normalized spacial score (nSPS) is 12.1. The molecule has 0 aliphatic heterocycles. The Balaban J connectivity index is 1.96. The number of methoxy groups -OCH3 is 1. The average molecular weight is 442 g/mol. The molecule has 3 aromatic rings. The summed E-state index contributed by atoms with van der Waals surface area (Å²) in [6.45, 7) is 2.58. The Kier molecular flexibility index (Phi) is 7.88. The molecule has 2 heterocycles. The van der Waals surface area contributed by atoms with Crippen molar-refractivity contribution < 1.29 is 19.7 Å². The van der Waals surface area contributed by atoms with E-state index < -0.39 is 5.97 Å². The van der Waals surface area contributed by atoms with E-state index in [2.05, 4.69) is 22.2 Å². The first-order chi connectivity index (χ1) is 15.4. The van der Waals surface area contributed by atoms with Gasteiger partial charge in [-0.2, -0.15) is 4.98 Å². The number of aliphatic carboxylic acids is 1. The lowest BCUT2D eigenvalue weighted by molar-refractivity contribution is -0.136. The van der Waals surface area contributed by atoms with Crippen molar-refractivity contribution in [3.05, 3.63) is 41.6 Å². The number of nitrogens with one attached hydrogen (secondary N) is 1. The number of aromatic nitrogens is 3. The Morgan fingerprint density at radius 2 is 2.12 bits per heavy atom. The van der Waals surface area contributed by atoms with Crippen LogP contribution in [-0.2, 0) is 17.8 Å². The molecule has 1 aromatic carbocycles. The standard InChI is InChI=1S/C23H31N5O4/c1-3-4-5-17(14-29)25-22-21-18(26-23(24)27-22)10-11-28(21)13-16-12-15(7-9-20(30)31)6-8-19(16)32-2/h6,8,10-12,17,29H,3-5,7,9,13-14H2,1-2H3,(H,30,31)(H3,24,25,26,27)/t17-/m0/s1. The van der Waals surface area contributed by atoms with E-state index in [0.29, 0.717) is 30.0 Å². The number of rotatable bonds is 12. The van der Waals surface area contributed by atoms with Gasteiger partial charge in [0.2, 0.25) is 5.95 Å². The molecule has 0 bridgehead atoms. The number of hydrogen-bond donors (Lipinski definition) is 4. The molecule has 9 heteroatoms. The number of aliphatic hydroxyl groups excluding tert-OH is 1. The smallest absolute Gasteiger partial charge is 0.303 e. The Hall–Kier alpha value is -3.33. The van der Waals surface area contributed by atoms with Crippen LogP contribution in [0.15, 0.2) is 30.5 Å². The molecular weight excluding hydrogens is 410 g/mol. The van der Waals surface area contributed by atoms with Gasteiger partial charge < -0.3 is 30.6 Å². The maximum absolute atomic E-state index is 10.9. The van der Waals surface area contributed by atoms with Gasteiger partial charge in [-0.15, -0.1) is 0 Å². The average Bonchev–Trinajstić information content (AvgIpc) is 3.17. The third-order valence-electron chi connectivity index (χ3n) is 5.41. The lowest BCUT2D eigenvalue weighted by atomic mass is 10.1. The second-order valence-electron chi connectivity index (χ2n) is 7.81. The van der Waals surface area contributed by atoms with E-state index in [4.69, 9.17) is 15.6 Å². The van der Waals surface area contributed by atoms with Gasteiger partial charge in [-0.1, -0.05) is 31.9 Å². The summed E-state index contributed by atoms with van der Waals surface area (Å²) in [5, 5.41) is 22.1. The minimum absolute atomic E-state index is 0.00838. The van der Waals surface area contributed by atoms with Gasteiger partial charge in [0.1, 0.15) is 11.3 Å². The number of anilines is 2. The molecule has 0 saturated heterocycles. The summed E-state index contributed by atoms with van der Waals surface area (Å²) in [6.07, 6.45) is 5.27. The molecule has 32 heavy (non-hydrogen) atoms. The number of ether oxygens (including phenoxy) is 1. The first-order valence-electron chi connectivity index (χ1n) is 10.8. The number of fused-ring (bicyclic) bond motifs is 1. The van der Waals surface area contributed by atoms with Crippen LogP contribution in [0.5, 0.6) is 5.75 Å². The van der Waals surface area contributed by atoms with Crippen molar-refractivity contribution >= 4 is 28.8 Å². The molecule has 0 aliphatic carbocycles. The van der Waals surface area contributed by atoms with Crippen molar-refractivity contribution in [2.75, 3.05) is 24.8 Å². The first kappa shape index (κ1) is 23.3. The van der Waals surface area contributed by atoms with Crippen molar-refractivity contribution in [2.45, 2.75) is 51.6 Å². The number of benzene rings is 1. The van der Waals surface area contributed by atoms with Gasteiger partial charge in [-0.3, -0.25) is 4.79 Å². The SMILES string of the molecule is CCCC[C@@H](CO)Nc1nc(N)nc2ccn(Cc3cc(CCC(=O)O)ccc3OC)c12. The summed E-state index contributed by atoms with van der Waals surface area (Å²) in [5.74, 6) is 0.630. The number of carbonyl (C=O) groups is 1. The molecule has 0 aliphatic rings. The number of nitrogens with two attached hydrogens (primary N) is 1. The van der Waals surface area contributed by atoms with Crippen LogP contribution in [0.25, 0.3) is 11.0 Å². The number of carboxylic acids is 1. The second-order valence-corrected chi connectivity index (χ2v) is 7.81. The number of carboxylic acid groups (broad SMARTS) is 1. The van der Waals surface area contributed by atoms with Gasteiger partial charge in [-0.25, -0.2) is 4.98 Å². The Bertz CT molecular complexity index is 1070. The number of hydrogen-bond acceptors (Lipinski definition) is 7. The largest absolute Gasteiger partial charge is 0.496 e. The van der Waals surface area contributed by atoms with E-state index in [1.807, 2.05) is 35.0 Å². The molecule has 2 aromatic heterocycles. The Morgan fingerprint density at radius 3 is 2.81 bits per heavy atom. The molecular formula is C23H31N5O4. The lowest BCUT2D eigenvalue weighted by Crippen LogP contribution is -2.25. The van der Waals surface area contributed by atoms with E-state index in [1.165, 1.54) is 0 Å². The molecule has 0 saturated carbocycles. The van der Waals surface area contributed by atoms with E-state index in [-0.39, 0.29) is 25.0 Å². The fraction of sp³-hybridized carbons (Fsp3) is 0.435. The number of aliphatic hydroxyl groups is 1. The van der Waals surface area contributed by atoms with Crippen LogP contribution in [-0.4, -0.2) is 50.5 Å². The van der Waals surface area contributed by atoms with Crippen LogP contribution in [0, 0.1) is 0 Å². The van der Waals surface area contributed by atoms with Crippen LogP contribution in [0.1, 0.15) is 43.7 Å². The van der Waals surface area contributed by atoms with Gasteiger partial charge >= 0.3 is 5.97 Å². The van der Waals surface area contributed by atoms with E-state index in [1.54, 1.807) is 7.11 Å². The van der Waals surface area contributed by atoms with Crippen molar-refractivity contribution in [1.29, 1.82) is 0 Å². The first-order valence-corrected chi connectivity index (χ1v) is 10.8. The third-order valence-corrected chi connectivity index (χ3v) is 5.41. The van der Waals surface area contributed by atoms with Crippen LogP contribution >= 0.6 is 0 Å². The maximum Gasteiger partial charge on any atom is 0.303 e. The summed E-state index contributed by atoms with van der Waals surface area (Å²) >= 11 is 0. The van der Waals surface area contributed by atoms with Crippen molar-refractivity contribution in [3.8, 4) is 5.75 Å². The van der Waals surface area contributed by atoms with Crippen LogP contribution in [0.3, 0.4) is 0 Å². The highest BCUT2D eigenvalue weighted by Gasteiger charge is 2.16. The number of nitrogen functional groups attached to an aromatic ring is 1. The van der Waals surface area contributed by atoms with E-state index in [0.717, 1.165) is 35.9 Å². The molecule has 0 radical (unpaired) electrons. The topological polar surface area (TPSA) is 136 Å². The lowest BCUT2D eigenvalue weighted by Gasteiger charge is -2.19. The molecule has 1 atom stereocenters. The molecule has 0 amide bonds. The molecule has 0 unspecified atom stereocenters. The minimum Gasteiger partial charge on any atom is -0.496 e. The van der Waals surface area contributed by atoms with Crippen molar-refractivity contribution in [3.63, 3.8) is 0 Å². The summed E-state index contributed by atoms with van der Waals surface area (Å²) in [7, 11) is 1.61. The highest BCUT2D eigenvalue weighted by atomic mass is 16.5. The van der Waals surface area contributed by atoms with Crippen LogP contribution in [0.4, 0.5) is 11.8 Å². The summed E-state index contributed by atoms with van der Waals surface area (Å²) in [6, 6.07) is 7.45. The fourth-order valence-electron chi connectivity index (χ4n) is 3.76. The molecule has 5 N–H and O–H groups in total. The fourth-order valence-corrected chi connectivity index (χ4v) is 3.76. The Labute approximate surface area is 187 Å². The summed E-state index contributed by atoms with van der Waals surface area (Å²) in [5.41, 5.74) is 9.26. The van der Waals surface area contributed by atoms with Crippen molar-refractivity contribution in [1.82, 2.24) is 14.5 Å². The zero-order chi connectivity index (χ0) is 23.1. The second kappa shape index (κ2) is 10.8. The number of nitrogens with zero attached hydrogens (tertiary/aromatic N) is 3. The van der Waals surface area contributed by atoms with Gasteiger partial charge in [0, 0.05) is 18.2 Å². The third kappa shape index (κ3) is 5.67. The highest BCUT2D eigenvalue weighted by Crippen LogP contribution is 2.28. The molecule has 172 valence electrons. The Morgan fingerprint density at radius 1 is 1.31 bits per heavy atom. The highest BCUT2D eigenvalue weighted by molar-refractivity contribution is 5.87. The minimum atomic E-state index is -0.828. The predicted molar refractivity (Wildman–Crippen MR) is 124 cm³/mol. The molecule has 3 rings (SSSR count). The summed E-state index contributed by atoms with van der Waals surface area (Å²) < 4.78 is 7.54. The van der Waals surface area contributed by atoms with E-state index >= 15 is 0 Å². The number of unbranched alkanes of at least 4 members (excludes halogenated alkanes) is 1. The zero-order valence-corrected chi connectivity index (χ0v) is 18.5. The van der Waals surface area contributed by atoms with Crippen molar-refractivity contribution in [2.24, 2.45) is 0 Å². The molecule has 9 nitrogen and oxygen atoms in total. The van der Waals surface area contributed by atoms with Gasteiger partial charge in [0.15, 0.2) is 5.82 Å². The van der Waals surface area contributed by atoms with Crippen LogP contribution < -0.4 is 15.8 Å². The van der Waals surface area contributed by atoms with Gasteiger partial charge in [-0.05, 0) is 30.5 Å². The van der Waals surface area contributed by atoms with Gasteiger partial charge in [0.25, 0.3) is 0 Å². The zero-order valence-electron chi connectivity index (χ0n) is 18.5. The van der Waals surface area contributed by atoms with Gasteiger partial charge in [0.05, 0.1) is 31.8 Å². The molecule has 0 fully saturated rings. The summed E-state index contributed by atoms with van der Waals surface area (Å²) in [4.78, 5) is 19.7.